The van der Waals surface area contributed by atoms with Crippen LogP contribution in [-0.4, -0.2) is 28.5 Å². The van der Waals surface area contributed by atoms with Crippen molar-refractivity contribution in [3.63, 3.8) is 0 Å². The van der Waals surface area contributed by atoms with Gasteiger partial charge in [-0.25, -0.2) is 4.98 Å². The molecule has 0 atom stereocenters. The number of methoxy groups -OCH3 is 1. The Morgan fingerprint density at radius 1 is 1.35 bits per heavy atom. The maximum Gasteiger partial charge on any atom is 0.287 e. The predicted octanol–water partition coefficient (Wildman–Crippen LogP) is 3.13. The summed E-state index contributed by atoms with van der Waals surface area (Å²) in [7, 11) is 1.65. The molecule has 23 heavy (non-hydrogen) atoms. The summed E-state index contributed by atoms with van der Waals surface area (Å²) in [6.45, 7) is 0.676. The van der Waals surface area contributed by atoms with E-state index >= 15 is 0 Å². The summed E-state index contributed by atoms with van der Waals surface area (Å²) in [5.74, 6) is 1.44. The molecule has 2 heterocycles. The van der Waals surface area contributed by atoms with Crippen molar-refractivity contribution in [1.29, 1.82) is 0 Å². The van der Waals surface area contributed by atoms with Gasteiger partial charge in [-0.15, -0.1) is 0 Å². The number of anilines is 1. The lowest BCUT2D eigenvalue weighted by Crippen LogP contribution is -2.06. The molecule has 3 aromatic rings. The molecule has 0 radical (unpaired) electrons. The van der Waals surface area contributed by atoms with E-state index in [0.29, 0.717) is 12.4 Å². The number of hydrogen-bond acceptors (Lipinski definition) is 5. The first-order valence-corrected chi connectivity index (χ1v) is 7.15. The average molecular weight is 312 g/mol. The van der Waals surface area contributed by atoms with E-state index in [1.807, 2.05) is 24.4 Å². The number of aromatic amines is 1. The highest BCUT2D eigenvalue weighted by Gasteiger charge is 2.07. The molecule has 0 saturated carbocycles. The van der Waals surface area contributed by atoms with E-state index in [1.165, 1.54) is 17.8 Å². The lowest BCUT2D eigenvalue weighted by molar-refractivity contribution is -0.385. The number of aromatic nitrogens is 2. The summed E-state index contributed by atoms with van der Waals surface area (Å²) in [6.07, 6.45) is 4.03. The topological polar surface area (TPSA) is 93.1 Å². The third-order valence-electron chi connectivity index (χ3n) is 3.63. The van der Waals surface area contributed by atoms with Gasteiger partial charge < -0.3 is 15.0 Å². The normalized spacial score (nSPS) is 10.7. The quantitative estimate of drug-likeness (QED) is 0.539. The summed E-state index contributed by atoms with van der Waals surface area (Å²) < 4.78 is 5.26. The number of nitrogens with one attached hydrogen (secondary N) is 2. The van der Waals surface area contributed by atoms with Gasteiger partial charge in [-0.1, -0.05) is 0 Å². The van der Waals surface area contributed by atoms with Crippen LogP contribution in [0.15, 0.2) is 42.7 Å². The Balaban J connectivity index is 1.65. The van der Waals surface area contributed by atoms with Gasteiger partial charge in [-0.2, -0.15) is 0 Å². The van der Waals surface area contributed by atoms with Crippen LogP contribution in [0.5, 0.6) is 5.75 Å². The zero-order valence-electron chi connectivity index (χ0n) is 12.6. The fourth-order valence-electron chi connectivity index (χ4n) is 2.42. The Labute approximate surface area is 132 Å². The molecular formula is C16H16N4O3. The number of nitrogens with zero attached hydrogens (tertiary/aromatic N) is 2. The van der Waals surface area contributed by atoms with Gasteiger partial charge in [0.1, 0.15) is 17.8 Å². The lowest BCUT2D eigenvalue weighted by Gasteiger charge is -2.05. The molecule has 2 aromatic heterocycles. The van der Waals surface area contributed by atoms with Gasteiger partial charge in [0, 0.05) is 29.7 Å². The average Bonchev–Trinajstić information content (AvgIpc) is 2.97. The second-order valence-electron chi connectivity index (χ2n) is 5.06. The van der Waals surface area contributed by atoms with Crippen molar-refractivity contribution >= 4 is 22.4 Å². The number of benzene rings is 1. The van der Waals surface area contributed by atoms with E-state index in [4.69, 9.17) is 4.74 Å². The van der Waals surface area contributed by atoms with Crippen molar-refractivity contribution in [1.82, 2.24) is 9.97 Å². The minimum Gasteiger partial charge on any atom is -0.497 e. The van der Waals surface area contributed by atoms with Gasteiger partial charge >= 0.3 is 0 Å². The summed E-state index contributed by atoms with van der Waals surface area (Å²) in [4.78, 5) is 17.4. The molecule has 7 heteroatoms. The molecule has 7 nitrogen and oxygen atoms in total. The molecule has 0 spiro atoms. The minimum atomic E-state index is -0.462. The monoisotopic (exact) mass is 312 g/mol. The molecule has 0 aliphatic carbocycles. The van der Waals surface area contributed by atoms with Crippen LogP contribution in [0.4, 0.5) is 11.5 Å². The second kappa shape index (κ2) is 6.35. The van der Waals surface area contributed by atoms with Crippen molar-refractivity contribution in [2.45, 2.75) is 6.42 Å². The summed E-state index contributed by atoms with van der Waals surface area (Å²) in [5.41, 5.74) is 2.22. The molecule has 0 saturated heterocycles. The predicted molar refractivity (Wildman–Crippen MR) is 87.9 cm³/mol. The van der Waals surface area contributed by atoms with E-state index in [0.717, 1.165) is 23.1 Å². The first kappa shape index (κ1) is 14.8. The zero-order chi connectivity index (χ0) is 16.2. The van der Waals surface area contributed by atoms with Gasteiger partial charge in [0.2, 0.25) is 0 Å². The molecule has 0 fully saturated rings. The van der Waals surface area contributed by atoms with Crippen molar-refractivity contribution in [2.24, 2.45) is 0 Å². The Kier molecular flexibility index (Phi) is 4.09. The molecule has 0 amide bonds. The van der Waals surface area contributed by atoms with Gasteiger partial charge in [0.25, 0.3) is 5.69 Å². The fourth-order valence-corrected chi connectivity index (χ4v) is 2.42. The third-order valence-corrected chi connectivity index (χ3v) is 3.63. The van der Waals surface area contributed by atoms with E-state index in [-0.39, 0.29) is 5.69 Å². The van der Waals surface area contributed by atoms with Gasteiger partial charge in [0.05, 0.1) is 12.0 Å². The highest BCUT2D eigenvalue weighted by Crippen LogP contribution is 2.24. The van der Waals surface area contributed by atoms with Gasteiger partial charge in [0.15, 0.2) is 0 Å². The number of H-pyrrole nitrogens is 1. The van der Waals surface area contributed by atoms with Crippen LogP contribution in [0, 0.1) is 10.1 Å². The number of nitro groups is 1. The first-order chi connectivity index (χ1) is 11.2. The number of ether oxygens (including phenoxy) is 1. The van der Waals surface area contributed by atoms with E-state index in [9.17, 15) is 10.1 Å². The van der Waals surface area contributed by atoms with Crippen molar-refractivity contribution in [3.8, 4) is 5.75 Å². The molecule has 3 rings (SSSR count). The van der Waals surface area contributed by atoms with E-state index < -0.39 is 4.92 Å². The molecule has 2 N–H and O–H groups in total. The largest absolute Gasteiger partial charge is 0.497 e. The highest BCUT2D eigenvalue weighted by atomic mass is 16.6. The van der Waals surface area contributed by atoms with Crippen LogP contribution >= 0.6 is 0 Å². The van der Waals surface area contributed by atoms with Crippen LogP contribution < -0.4 is 10.1 Å². The smallest absolute Gasteiger partial charge is 0.287 e. The Bertz CT molecular complexity index is 827. The Morgan fingerprint density at radius 3 is 2.91 bits per heavy atom. The Morgan fingerprint density at radius 2 is 2.22 bits per heavy atom. The summed E-state index contributed by atoms with van der Waals surface area (Å²) in [6, 6.07) is 8.96. The number of hydrogen-bond donors (Lipinski definition) is 2. The molecule has 0 aliphatic heterocycles. The maximum absolute atomic E-state index is 10.6. The molecular weight excluding hydrogens is 296 g/mol. The molecule has 0 aliphatic rings. The number of fused-ring (bicyclic) bond motifs is 1. The van der Waals surface area contributed by atoms with Crippen molar-refractivity contribution in [2.75, 3.05) is 19.0 Å². The van der Waals surface area contributed by atoms with Gasteiger partial charge in [-0.05, 0) is 36.2 Å². The standard InChI is InChI=1S/C16H16N4O3/c1-23-13-3-4-15-14(8-13)11(9-18-15)6-7-17-16-5-2-12(10-19-16)20(21)22/h2-5,8-10,18H,6-7H2,1H3,(H,17,19). The SMILES string of the molecule is COc1ccc2[nH]cc(CCNc3ccc([N+](=O)[O-])cn3)c2c1. The maximum atomic E-state index is 10.6. The number of pyridine rings is 1. The third kappa shape index (κ3) is 3.23. The molecule has 0 unspecified atom stereocenters. The highest BCUT2D eigenvalue weighted by molar-refractivity contribution is 5.84. The zero-order valence-corrected chi connectivity index (χ0v) is 12.6. The molecule has 0 bridgehead atoms. The fraction of sp³-hybridized carbons (Fsp3) is 0.188. The van der Waals surface area contributed by atoms with Gasteiger partial charge in [-0.3, -0.25) is 10.1 Å². The number of rotatable bonds is 6. The van der Waals surface area contributed by atoms with E-state index in [2.05, 4.69) is 15.3 Å². The Hall–Kier alpha value is -3.09. The van der Waals surface area contributed by atoms with Crippen LogP contribution in [-0.2, 0) is 6.42 Å². The van der Waals surface area contributed by atoms with Crippen LogP contribution in [0.3, 0.4) is 0 Å². The van der Waals surface area contributed by atoms with Crippen molar-refractivity contribution < 1.29 is 9.66 Å². The summed E-state index contributed by atoms with van der Waals surface area (Å²) >= 11 is 0. The summed E-state index contributed by atoms with van der Waals surface area (Å²) in [5, 5.41) is 14.9. The van der Waals surface area contributed by atoms with Crippen molar-refractivity contribution in [3.05, 3.63) is 58.4 Å². The van der Waals surface area contributed by atoms with E-state index in [1.54, 1.807) is 13.2 Å². The first-order valence-electron chi connectivity index (χ1n) is 7.15. The van der Waals surface area contributed by atoms with Crippen LogP contribution in [0.2, 0.25) is 0 Å². The lowest BCUT2D eigenvalue weighted by atomic mass is 10.1. The molecule has 1 aromatic carbocycles. The second-order valence-corrected chi connectivity index (χ2v) is 5.06. The minimum absolute atomic E-state index is 0.0146. The van der Waals surface area contributed by atoms with Crippen LogP contribution in [0.1, 0.15) is 5.56 Å². The molecule has 118 valence electrons. The van der Waals surface area contributed by atoms with Crippen LogP contribution in [0.25, 0.3) is 10.9 Å².